The number of aliphatic hydroxyl groups is 4. The van der Waals surface area contributed by atoms with Gasteiger partial charge in [0.1, 0.15) is 31.0 Å². The van der Waals surface area contributed by atoms with Gasteiger partial charge in [0.15, 0.2) is 12.4 Å². The van der Waals surface area contributed by atoms with Gasteiger partial charge in [-0.1, -0.05) is 134 Å². The van der Waals surface area contributed by atoms with E-state index >= 15 is 0 Å². The predicted octanol–water partition coefficient (Wildman–Crippen LogP) is 8.55. The molecule has 4 N–H and O–H groups in total. The molecule has 1 aliphatic rings. The van der Waals surface area contributed by atoms with Crippen molar-refractivity contribution >= 4 is 11.9 Å². The van der Waals surface area contributed by atoms with E-state index in [-0.39, 0.29) is 32.0 Å². The molecule has 0 aromatic carbocycles. The Morgan fingerprint density at radius 3 is 1.62 bits per heavy atom. The third kappa shape index (κ3) is 26.6. The lowest BCUT2D eigenvalue weighted by Crippen LogP contribution is -2.59. The summed E-state index contributed by atoms with van der Waals surface area (Å²) >= 11 is 0. The summed E-state index contributed by atoms with van der Waals surface area (Å²) in [4.78, 5) is 25.2. The molecule has 2 unspecified atom stereocenters. The molecule has 0 aliphatic carbocycles. The third-order valence-corrected chi connectivity index (χ3v) is 9.96. The fourth-order valence-corrected chi connectivity index (χ4v) is 6.52. The van der Waals surface area contributed by atoms with Crippen molar-refractivity contribution in [3.05, 3.63) is 24.8 Å². The Morgan fingerprint density at radius 1 is 0.623 bits per heavy atom. The molecule has 10 nitrogen and oxygen atoms in total. The van der Waals surface area contributed by atoms with Gasteiger partial charge in [-0.2, -0.15) is 0 Å². The first-order chi connectivity index (χ1) is 25.8. The fraction of sp³-hybridized carbons (Fsp3) is 0.860. The van der Waals surface area contributed by atoms with E-state index in [1.165, 1.54) is 103 Å². The number of ether oxygens (including phenoxy) is 4. The van der Waals surface area contributed by atoms with Crippen LogP contribution in [0.5, 0.6) is 0 Å². The van der Waals surface area contributed by atoms with Crippen molar-refractivity contribution in [2.75, 3.05) is 19.8 Å². The van der Waals surface area contributed by atoms with E-state index in [0.29, 0.717) is 6.42 Å². The van der Waals surface area contributed by atoms with Crippen LogP contribution in [0.25, 0.3) is 0 Å². The van der Waals surface area contributed by atoms with Crippen molar-refractivity contribution in [2.24, 2.45) is 0 Å². The quantitative estimate of drug-likeness (QED) is 0.0278. The zero-order valence-electron chi connectivity index (χ0n) is 33.4. The van der Waals surface area contributed by atoms with Crippen LogP contribution in [0.3, 0.4) is 0 Å². The monoisotopic (exact) mass is 755 g/mol. The molecule has 1 fully saturated rings. The second-order valence-corrected chi connectivity index (χ2v) is 14.9. The highest BCUT2D eigenvalue weighted by molar-refractivity contribution is 5.70. The summed E-state index contributed by atoms with van der Waals surface area (Å²) in [7, 11) is 0. The highest BCUT2D eigenvalue weighted by Crippen LogP contribution is 2.22. The van der Waals surface area contributed by atoms with Gasteiger partial charge in [-0.3, -0.25) is 9.59 Å². The minimum atomic E-state index is -1.59. The van der Waals surface area contributed by atoms with E-state index in [9.17, 15) is 30.0 Å². The summed E-state index contributed by atoms with van der Waals surface area (Å²) in [6.07, 6.45) is 27.9. The van der Waals surface area contributed by atoms with E-state index in [0.717, 1.165) is 51.4 Å². The number of hydrogen-bond acceptors (Lipinski definition) is 10. The van der Waals surface area contributed by atoms with E-state index in [2.05, 4.69) is 25.7 Å². The van der Waals surface area contributed by atoms with Gasteiger partial charge in [0.25, 0.3) is 0 Å². The zero-order chi connectivity index (χ0) is 38.8. The highest BCUT2D eigenvalue weighted by Gasteiger charge is 2.44. The van der Waals surface area contributed by atoms with Crippen LogP contribution in [-0.4, -0.2) is 89.0 Å². The Hall–Kier alpha value is -1.82. The topological polar surface area (TPSA) is 152 Å². The first-order valence-electron chi connectivity index (χ1n) is 21.4. The molecule has 1 heterocycles. The Bertz CT molecular complexity index is 910. The van der Waals surface area contributed by atoms with Gasteiger partial charge < -0.3 is 39.4 Å². The molecule has 1 aliphatic heterocycles. The number of allylic oxidation sites excluding steroid dienone is 3. The minimum Gasteiger partial charge on any atom is -0.462 e. The summed E-state index contributed by atoms with van der Waals surface area (Å²) in [5.41, 5.74) is 0. The lowest BCUT2D eigenvalue weighted by Gasteiger charge is -2.39. The Morgan fingerprint density at radius 2 is 1.09 bits per heavy atom. The van der Waals surface area contributed by atoms with Crippen molar-refractivity contribution < 1.29 is 49.0 Å². The maximum atomic E-state index is 12.7. The number of hydrogen-bond donors (Lipinski definition) is 4. The highest BCUT2D eigenvalue weighted by atomic mass is 16.7. The fourth-order valence-electron chi connectivity index (χ4n) is 6.52. The minimum absolute atomic E-state index is 0.211. The number of rotatable bonds is 36. The van der Waals surface area contributed by atoms with Gasteiger partial charge in [-0.05, 0) is 51.4 Å². The van der Waals surface area contributed by atoms with Crippen LogP contribution in [0, 0.1) is 0 Å². The predicted molar refractivity (Wildman–Crippen MR) is 210 cm³/mol. The molecule has 10 heteroatoms. The lowest BCUT2D eigenvalue weighted by atomic mass is 9.99. The van der Waals surface area contributed by atoms with E-state index < -0.39 is 49.4 Å². The van der Waals surface area contributed by atoms with Gasteiger partial charge in [0.05, 0.1) is 13.2 Å². The molecule has 6 atom stereocenters. The lowest BCUT2D eigenvalue weighted by molar-refractivity contribution is -0.305. The van der Waals surface area contributed by atoms with Gasteiger partial charge in [-0.15, -0.1) is 6.58 Å². The van der Waals surface area contributed by atoms with Crippen LogP contribution in [0.15, 0.2) is 24.8 Å². The number of carbonyl (C=O) groups excluding carboxylic acids is 2. The van der Waals surface area contributed by atoms with Crippen molar-refractivity contribution in [3.8, 4) is 0 Å². The maximum absolute atomic E-state index is 12.7. The van der Waals surface area contributed by atoms with E-state index in [4.69, 9.17) is 18.9 Å². The smallest absolute Gasteiger partial charge is 0.306 e. The molecule has 0 spiro atoms. The van der Waals surface area contributed by atoms with Crippen molar-refractivity contribution in [3.63, 3.8) is 0 Å². The summed E-state index contributed by atoms with van der Waals surface area (Å²) in [6, 6.07) is 0. The number of aliphatic hydroxyl groups excluding tert-OH is 4. The first-order valence-corrected chi connectivity index (χ1v) is 21.4. The molecular formula is C43H78O10. The molecule has 1 rings (SSSR count). The Balaban J connectivity index is 2.35. The SMILES string of the molecule is C=CCCCCCCCCCCCCCCCC(=O)OC[C@@H](CO[C@H]1O[C@@H](CO)[C@@H](O)C(O)C1O)OC(=O)CCCCC/C=C/CCCCCCCC. The van der Waals surface area contributed by atoms with Crippen LogP contribution in [0.1, 0.15) is 180 Å². The number of unbranched alkanes of at least 4 members (excludes halogenated alkanes) is 22. The van der Waals surface area contributed by atoms with E-state index in [1.54, 1.807) is 0 Å². The van der Waals surface area contributed by atoms with Crippen molar-refractivity contribution in [1.29, 1.82) is 0 Å². The van der Waals surface area contributed by atoms with Crippen molar-refractivity contribution in [1.82, 2.24) is 0 Å². The second-order valence-electron chi connectivity index (χ2n) is 14.9. The van der Waals surface area contributed by atoms with Crippen LogP contribution >= 0.6 is 0 Å². The molecule has 0 amide bonds. The maximum Gasteiger partial charge on any atom is 0.306 e. The number of carbonyl (C=O) groups is 2. The van der Waals surface area contributed by atoms with Gasteiger partial charge >= 0.3 is 11.9 Å². The number of esters is 2. The molecule has 0 radical (unpaired) electrons. The van der Waals surface area contributed by atoms with Gasteiger partial charge in [0, 0.05) is 12.8 Å². The van der Waals surface area contributed by atoms with E-state index in [1.807, 2.05) is 6.08 Å². The molecule has 0 aromatic heterocycles. The van der Waals surface area contributed by atoms with Crippen LogP contribution in [0.4, 0.5) is 0 Å². The first kappa shape index (κ1) is 49.2. The molecular weight excluding hydrogens is 676 g/mol. The van der Waals surface area contributed by atoms with Crippen molar-refractivity contribution in [2.45, 2.75) is 217 Å². The standard InChI is InChI=1S/C43H78O10/c1-3-5-7-9-11-13-15-17-18-20-21-23-25-27-29-31-38(45)50-34-36(35-51-43-42(49)41(48)40(47)37(33-44)53-43)52-39(46)32-30-28-26-24-22-19-16-14-12-10-8-6-4-2/h3,19,22,36-37,40-44,47-49H,1,4-18,20-21,23-35H2,2H3/b22-19+/t36-,37-,40+,41?,42?,43-/m0/s1. The summed E-state index contributed by atoms with van der Waals surface area (Å²) in [6.45, 7) is 4.92. The Kier molecular flexibility index (Phi) is 32.2. The normalized spacial score (nSPS) is 20.8. The molecule has 0 bridgehead atoms. The average molecular weight is 755 g/mol. The molecule has 0 saturated carbocycles. The summed E-state index contributed by atoms with van der Waals surface area (Å²) < 4.78 is 22.1. The zero-order valence-corrected chi connectivity index (χ0v) is 33.4. The third-order valence-electron chi connectivity index (χ3n) is 9.96. The second kappa shape index (κ2) is 34.7. The summed E-state index contributed by atoms with van der Waals surface area (Å²) in [5, 5.41) is 40.0. The largest absolute Gasteiger partial charge is 0.462 e. The molecule has 0 aromatic rings. The molecule has 53 heavy (non-hydrogen) atoms. The van der Waals surface area contributed by atoms with Crippen LogP contribution in [-0.2, 0) is 28.5 Å². The van der Waals surface area contributed by atoms with Gasteiger partial charge in [-0.25, -0.2) is 0 Å². The average Bonchev–Trinajstić information content (AvgIpc) is 3.15. The summed E-state index contributed by atoms with van der Waals surface area (Å²) in [5.74, 6) is -0.825. The van der Waals surface area contributed by atoms with Crippen LogP contribution < -0.4 is 0 Å². The molecule has 310 valence electrons. The Labute approximate surface area is 322 Å². The molecule has 1 saturated heterocycles. The van der Waals surface area contributed by atoms with Crippen LogP contribution in [0.2, 0.25) is 0 Å². The van der Waals surface area contributed by atoms with Gasteiger partial charge in [0.2, 0.25) is 0 Å².